The Labute approximate surface area is 116 Å². The molecule has 0 radical (unpaired) electrons. The van der Waals surface area contributed by atoms with Crippen LogP contribution in [0.5, 0.6) is 0 Å². The van der Waals surface area contributed by atoms with E-state index in [1.165, 1.54) is 12.1 Å². The van der Waals surface area contributed by atoms with Gasteiger partial charge in [-0.3, -0.25) is 4.79 Å². The van der Waals surface area contributed by atoms with Crippen molar-refractivity contribution >= 4 is 17.7 Å². The lowest BCUT2D eigenvalue weighted by atomic mass is 10.1. The Bertz CT molecular complexity index is 494. The number of thioether (sulfide) groups is 1. The van der Waals surface area contributed by atoms with Crippen molar-refractivity contribution in [3.8, 4) is 11.8 Å². The van der Waals surface area contributed by atoms with Gasteiger partial charge >= 0.3 is 0 Å². The fraction of sp³-hybridized carbons (Fsp3) is 0.357. The van der Waals surface area contributed by atoms with Crippen molar-refractivity contribution in [3.05, 3.63) is 35.1 Å². The molecule has 5 heteroatoms. The normalized spacial score (nSPS) is 9.63. The van der Waals surface area contributed by atoms with E-state index in [4.69, 9.17) is 5.11 Å². The Balaban J connectivity index is 2.72. The molecule has 102 valence electrons. The SMILES string of the molecule is CSCCNC(=O)c1ccc(C#CCCO)cc1F. The predicted octanol–water partition coefficient (Wildman–Crippen LogP) is 1.65. The molecule has 0 saturated heterocycles. The largest absolute Gasteiger partial charge is 0.395 e. The zero-order chi connectivity index (χ0) is 14.1. The first-order valence-electron chi connectivity index (χ1n) is 5.85. The fourth-order valence-corrected chi connectivity index (χ4v) is 1.67. The number of hydrogen-bond acceptors (Lipinski definition) is 3. The van der Waals surface area contributed by atoms with Crippen LogP contribution in [0.25, 0.3) is 0 Å². The van der Waals surface area contributed by atoms with Crippen molar-refractivity contribution < 1.29 is 14.3 Å². The molecule has 2 N–H and O–H groups in total. The fourth-order valence-electron chi connectivity index (χ4n) is 1.36. The predicted molar refractivity (Wildman–Crippen MR) is 75.7 cm³/mol. The molecule has 0 bridgehead atoms. The molecule has 1 rings (SSSR count). The van der Waals surface area contributed by atoms with Crippen molar-refractivity contribution in [2.45, 2.75) is 6.42 Å². The molecule has 0 aromatic heterocycles. The van der Waals surface area contributed by atoms with Crippen LogP contribution in [-0.2, 0) is 0 Å². The molecule has 0 unspecified atom stereocenters. The first-order chi connectivity index (χ1) is 9.19. The monoisotopic (exact) mass is 281 g/mol. The van der Waals surface area contributed by atoms with Crippen molar-refractivity contribution in [1.82, 2.24) is 5.32 Å². The van der Waals surface area contributed by atoms with Crippen LogP contribution < -0.4 is 5.32 Å². The van der Waals surface area contributed by atoms with Gasteiger partial charge in [0.1, 0.15) is 5.82 Å². The second kappa shape index (κ2) is 8.57. The number of aliphatic hydroxyl groups excluding tert-OH is 1. The van der Waals surface area contributed by atoms with E-state index in [1.54, 1.807) is 17.8 Å². The summed E-state index contributed by atoms with van der Waals surface area (Å²) >= 11 is 1.61. The molecule has 0 aliphatic carbocycles. The van der Waals surface area contributed by atoms with Crippen LogP contribution in [0.4, 0.5) is 4.39 Å². The van der Waals surface area contributed by atoms with Crippen LogP contribution in [0.1, 0.15) is 22.3 Å². The molecule has 0 heterocycles. The highest BCUT2D eigenvalue weighted by Crippen LogP contribution is 2.10. The third-order valence-corrected chi connectivity index (χ3v) is 2.89. The highest BCUT2D eigenvalue weighted by Gasteiger charge is 2.10. The van der Waals surface area contributed by atoms with E-state index in [2.05, 4.69) is 17.2 Å². The summed E-state index contributed by atoms with van der Waals surface area (Å²) < 4.78 is 13.7. The van der Waals surface area contributed by atoms with Gasteiger partial charge < -0.3 is 10.4 Å². The maximum atomic E-state index is 13.7. The number of benzene rings is 1. The van der Waals surface area contributed by atoms with Crippen LogP contribution in [0, 0.1) is 17.7 Å². The zero-order valence-electron chi connectivity index (χ0n) is 10.7. The summed E-state index contributed by atoms with van der Waals surface area (Å²) in [5.74, 6) is 5.21. The summed E-state index contributed by atoms with van der Waals surface area (Å²) in [6.45, 7) is 0.489. The number of carbonyl (C=O) groups excluding carboxylic acids is 1. The van der Waals surface area contributed by atoms with Gasteiger partial charge in [-0.2, -0.15) is 11.8 Å². The molecule has 1 aromatic carbocycles. The lowest BCUT2D eigenvalue weighted by Gasteiger charge is -2.05. The summed E-state index contributed by atoms with van der Waals surface area (Å²) in [7, 11) is 0. The molecule has 0 spiro atoms. The van der Waals surface area contributed by atoms with Gasteiger partial charge in [0.05, 0.1) is 12.2 Å². The quantitative estimate of drug-likeness (QED) is 0.637. The molecule has 0 atom stereocenters. The number of nitrogens with one attached hydrogen (secondary N) is 1. The summed E-state index contributed by atoms with van der Waals surface area (Å²) in [4.78, 5) is 11.7. The minimum Gasteiger partial charge on any atom is -0.395 e. The van der Waals surface area contributed by atoms with Crippen LogP contribution in [0.15, 0.2) is 18.2 Å². The number of hydrogen-bond donors (Lipinski definition) is 2. The first kappa shape index (κ1) is 15.5. The summed E-state index contributed by atoms with van der Waals surface area (Å²) in [6.07, 6.45) is 2.28. The van der Waals surface area contributed by atoms with E-state index in [1.807, 2.05) is 6.26 Å². The summed E-state index contributed by atoms with van der Waals surface area (Å²) in [5, 5.41) is 11.2. The average molecular weight is 281 g/mol. The van der Waals surface area contributed by atoms with E-state index < -0.39 is 11.7 Å². The summed E-state index contributed by atoms with van der Waals surface area (Å²) in [5.41, 5.74) is 0.514. The van der Waals surface area contributed by atoms with Crippen LogP contribution >= 0.6 is 11.8 Å². The molecule has 1 amide bonds. The number of aliphatic hydroxyl groups is 1. The molecular formula is C14H16FNO2S. The second-order valence-electron chi connectivity index (χ2n) is 3.72. The standard InChI is InChI=1S/C14H16FNO2S/c1-19-9-7-16-14(18)12-6-5-11(10-13(12)15)4-2-3-8-17/h5-6,10,17H,3,7-9H2,1H3,(H,16,18). The molecule has 3 nitrogen and oxygen atoms in total. The third-order valence-electron chi connectivity index (χ3n) is 2.27. The van der Waals surface area contributed by atoms with Gasteiger partial charge in [0.25, 0.3) is 5.91 Å². The molecule has 19 heavy (non-hydrogen) atoms. The van der Waals surface area contributed by atoms with Crippen LogP contribution in [-0.4, -0.2) is 36.2 Å². The van der Waals surface area contributed by atoms with Crippen molar-refractivity contribution in [3.63, 3.8) is 0 Å². The Kier molecular flexibility index (Phi) is 7.01. The van der Waals surface area contributed by atoms with E-state index in [9.17, 15) is 9.18 Å². The number of rotatable bonds is 5. The van der Waals surface area contributed by atoms with E-state index in [-0.39, 0.29) is 12.2 Å². The van der Waals surface area contributed by atoms with Gasteiger partial charge in [-0.1, -0.05) is 11.8 Å². The minimum absolute atomic E-state index is 0.0220. The van der Waals surface area contributed by atoms with E-state index in [0.29, 0.717) is 18.5 Å². The molecular weight excluding hydrogens is 265 g/mol. The minimum atomic E-state index is -0.586. The summed E-state index contributed by atoms with van der Waals surface area (Å²) in [6, 6.07) is 4.25. The van der Waals surface area contributed by atoms with Crippen LogP contribution in [0.3, 0.4) is 0 Å². The van der Waals surface area contributed by atoms with Gasteiger partial charge in [0, 0.05) is 24.3 Å². The second-order valence-corrected chi connectivity index (χ2v) is 4.70. The van der Waals surface area contributed by atoms with Crippen molar-refractivity contribution in [2.75, 3.05) is 25.2 Å². The topological polar surface area (TPSA) is 49.3 Å². The molecule has 0 fully saturated rings. The lowest BCUT2D eigenvalue weighted by Crippen LogP contribution is -2.26. The maximum Gasteiger partial charge on any atom is 0.254 e. The Hall–Kier alpha value is -1.51. The third kappa shape index (κ3) is 5.33. The molecule has 0 aliphatic rings. The maximum absolute atomic E-state index is 13.7. The number of halogens is 1. The lowest BCUT2D eigenvalue weighted by molar-refractivity contribution is 0.0952. The van der Waals surface area contributed by atoms with Gasteiger partial charge in [-0.25, -0.2) is 4.39 Å². The Morgan fingerprint density at radius 1 is 1.53 bits per heavy atom. The van der Waals surface area contributed by atoms with Crippen molar-refractivity contribution in [1.29, 1.82) is 0 Å². The molecule has 1 aromatic rings. The Morgan fingerprint density at radius 3 is 2.95 bits per heavy atom. The molecule has 0 saturated carbocycles. The van der Waals surface area contributed by atoms with Gasteiger partial charge in [-0.15, -0.1) is 0 Å². The van der Waals surface area contributed by atoms with Gasteiger partial charge in [0.2, 0.25) is 0 Å². The van der Waals surface area contributed by atoms with E-state index in [0.717, 1.165) is 5.75 Å². The van der Waals surface area contributed by atoms with Gasteiger partial charge in [0.15, 0.2) is 0 Å². The number of carbonyl (C=O) groups is 1. The number of amides is 1. The van der Waals surface area contributed by atoms with Crippen LogP contribution in [0.2, 0.25) is 0 Å². The smallest absolute Gasteiger partial charge is 0.254 e. The average Bonchev–Trinajstić information content (AvgIpc) is 2.39. The Morgan fingerprint density at radius 2 is 2.32 bits per heavy atom. The zero-order valence-corrected chi connectivity index (χ0v) is 11.5. The highest BCUT2D eigenvalue weighted by molar-refractivity contribution is 7.98. The van der Waals surface area contributed by atoms with Gasteiger partial charge in [-0.05, 0) is 24.5 Å². The highest BCUT2D eigenvalue weighted by atomic mass is 32.2. The molecule has 0 aliphatic heterocycles. The first-order valence-corrected chi connectivity index (χ1v) is 7.25. The van der Waals surface area contributed by atoms with E-state index >= 15 is 0 Å². The van der Waals surface area contributed by atoms with Crippen molar-refractivity contribution in [2.24, 2.45) is 0 Å².